The van der Waals surface area contributed by atoms with Crippen molar-refractivity contribution in [2.75, 3.05) is 11.4 Å². The maximum atomic E-state index is 13.1. The summed E-state index contributed by atoms with van der Waals surface area (Å²) in [5.41, 5.74) is 2.27. The van der Waals surface area contributed by atoms with Crippen molar-refractivity contribution in [2.45, 2.75) is 23.5 Å². The lowest BCUT2D eigenvalue weighted by atomic mass is 10.2. The number of benzene rings is 1. The Morgan fingerprint density at radius 2 is 2.04 bits per heavy atom. The van der Waals surface area contributed by atoms with Gasteiger partial charge in [0.2, 0.25) is 0 Å². The van der Waals surface area contributed by atoms with Gasteiger partial charge in [0.25, 0.3) is 5.91 Å². The van der Waals surface area contributed by atoms with E-state index in [1.165, 1.54) is 11.3 Å². The number of pyridine rings is 1. The number of hydrogen-bond acceptors (Lipinski definition) is 5. The molecule has 6 heteroatoms. The highest BCUT2D eigenvalue weighted by atomic mass is 32.2. The molecule has 4 rings (SSSR count). The van der Waals surface area contributed by atoms with Gasteiger partial charge >= 0.3 is 0 Å². The zero-order chi connectivity index (χ0) is 17.2. The van der Waals surface area contributed by atoms with E-state index in [9.17, 15) is 4.79 Å². The van der Waals surface area contributed by atoms with Gasteiger partial charge in [0.05, 0.1) is 11.4 Å². The molecule has 1 aliphatic heterocycles. The zero-order valence-corrected chi connectivity index (χ0v) is 15.4. The molecule has 0 saturated carbocycles. The molecule has 1 amide bonds. The summed E-state index contributed by atoms with van der Waals surface area (Å²) in [6.07, 6.45) is 2.70. The molecule has 4 nitrogen and oxygen atoms in total. The number of thioether (sulfide) groups is 1. The average Bonchev–Trinajstić information content (AvgIpc) is 3.07. The molecule has 1 aliphatic rings. The number of carbonyl (C=O) groups is 1. The van der Waals surface area contributed by atoms with Crippen LogP contribution in [0.4, 0.5) is 5.69 Å². The first kappa shape index (κ1) is 16.3. The molecule has 1 aromatic carbocycles. The number of rotatable bonds is 2. The Labute approximate surface area is 154 Å². The fraction of sp³-hybridized carbons (Fsp3) is 0.211. The third kappa shape index (κ3) is 3.32. The van der Waals surface area contributed by atoms with E-state index in [0.29, 0.717) is 17.5 Å². The maximum Gasteiger partial charge on any atom is 0.277 e. The van der Waals surface area contributed by atoms with Gasteiger partial charge in [-0.3, -0.25) is 9.78 Å². The van der Waals surface area contributed by atoms with Crippen molar-refractivity contribution in [2.24, 2.45) is 0 Å². The van der Waals surface area contributed by atoms with Crippen molar-refractivity contribution in [3.63, 3.8) is 0 Å². The predicted octanol–water partition coefficient (Wildman–Crippen LogP) is 4.74. The Balaban J connectivity index is 1.66. The lowest BCUT2D eigenvalue weighted by Gasteiger charge is -2.21. The quantitative estimate of drug-likeness (QED) is 0.656. The normalized spacial score (nSPS) is 17.0. The molecular formula is C19H17N3OS2. The predicted molar refractivity (Wildman–Crippen MR) is 103 cm³/mol. The molecule has 0 fully saturated rings. The van der Waals surface area contributed by atoms with Crippen LogP contribution in [0.5, 0.6) is 0 Å². The number of fused-ring (bicyclic) bond motifs is 1. The molecule has 1 atom stereocenters. The fourth-order valence-electron chi connectivity index (χ4n) is 2.81. The van der Waals surface area contributed by atoms with E-state index >= 15 is 0 Å². The number of para-hydroxylation sites is 1. The standard InChI is InChI=1S/C19H17N3OS2/c1-13-9-11-22(16-7-2-3-8-17(16)25-13)19(23)15-12-24-18(21-15)14-6-4-5-10-20-14/h2-8,10,12-13H,9,11H2,1H3/t13-/m1/s1. The first-order valence-corrected chi connectivity index (χ1v) is 9.93. The summed E-state index contributed by atoms with van der Waals surface area (Å²) in [6, 6.07) is 13.8. The van der Waals surface area contributed by atoms with Crippen LogP contribution in [-0.2, 0) is 0 Å². The van der Waals surface area contributed by atoms with Crippen molar-refractivity contribution < 1.29 is 4.79 Å². The molecule has 0 N–H and O–H groups in total. The largest absolute Gasteiger partial charge is 0.306 e. The van der Waals surface area contributed by atoms with Crippen LogP contribution in [0, 0.1) is 0 Å². The number of anilines is 1. The number of carbonyl (C=O) groups excluding carboxylic acids is 1. The summed E-state index contributed by atoms with van der Waals surface area (Å²) >= 11 is 3.29. The number of thiazole rings is 1. The lowest BCUT2D eigenvalue weighted by Crippen LogP contribution is -2.32. The highest BCUT2D eigenvalue weighted by Crippen LogP contribution is 2.38. The summed E-state index contributed by atoms with van der Waals surface area (Å²) in [6.45, 7) is 2.91. The van der Waals surface area contributed by atoms with Crippen molar-refractivity contribution in [1.82, 2.24) is 9.97 Å². The van der Waals surface area contributed by atoms with E-state index in [1.807, 2.05) is 58.4 Å². The van der Waals surface area contributed by atoms with Crippen LogP contribution in [0.15, 0.2) is 58.9 Å². The Kier molecular flexibility index (Phi) is 4.55. The minimum atomic E-state index is -0.0411. The van der Waals surface area contributed by atoms with Crippen molar-refractivity contribution in [3.8, 4) is 10.7 Å². The Hall–Kier alpha value is -2.18. The lowest BCUT2D eigenvalue weighted by molar-refractivity contribution is 0.0982. The average molecular weight is 367 g/mol. The Morgan fingerprint density at radius 3 is 2.88 bits per heavy atom. The molecule has 0 aliphatic carbocycles. The van der Waals surface area contributed by atoms with E-state index in [2.05, 4.69) is 23.0 Å². The molecule has 0 saturated heterocycles. The van der Waals surface area contributed by atoms with Gasteiger partial charge in [0.15, 0.2) is 0 Å². The Morgan fingerprint density at radius 1 is 1.20 bits per heavy atom. The molecule has 3 heterocycles. The van der Waals surface area contributed by atoms with E-state index in [-0.39, 0.29) is 5.91 Å². The molecule has 25 heavy (non-hydrogen) atoms. The highest BCUT2D eigenvalue weighted by Gasteiger charge is 2.26. The molecular weight excluding hydrogens is 350 g/mol. The van der Waals surface area contributed by atoms with Crippen molar-refractivity contribution in [3.05, 3.63) is 59.7 Å². The zero-order valence-electron chi connectivity index (χ0n) is 13.8. The molecule has 0 radical (unpaired) electrons. The van der Waals surface area contributed by atoms with E-state index in [0.717, 1.165) is 27.7 Å². The van der Waals surface area contributed by atoms with E-state index < -0.39 is 0 Å². The monoisotopic (exact) mass is 367 g/mol. The second-order valence-electron chi connectivity index (χ2n) is 5.89. The Bertz CT molecular complexity index is 894. The molecule has 3 aromatic rings. The van der Waals surface area contributed by atoms with E-state index in [1.54, 1.807) is 6.20 Å². The minimum absolute atomic E-state index is 0.0411. The number of nitrogens with zero attached hydrogens (tertiary/aromatic N) is 3. The van der Waals surface area contributed by atoms with Crippen LogP contribution in [-0.4, -0.2) is 27.7 Å². The number of aromatic nitrogens is 2. The van der Waals surface area contributed by atoms with Crippen LogP contribution in [0.1, 0.15) is 23.8 Å². The molecule has 2 aromatic heterocycles. The van der Waals surface area contributed by atoms with Crippen LogP contribution in [0.2, 0.25) is 0 Å². The summed E-state index contributed by atoms with van der Waals surface area (Å²) in [5, 5.41) is 3.09. The van der Waals surface area contributed by atoms with E-state index in [4.69, 9.17) is 0 Å². The van der Waals surface area contributed by atoms with Gasteiger partial charge in [-0.2, -0.15) is 0 Å². The molecule has 0 bridgehead atoms. The highest BCUT2D eigenvalue weighted by molar-refractivity contribution is 8.00. The molecule has 0 unspecified atom stereocenters. The van der Waals surface area contributed by atoms with Crippen LogP contribution in [0.3, 0.4) is 0 Å². The minimum Gasteiger partial charge on any atom is -0.306 e. The van der Waals surface area contributed by atoms with Crippen molar-refractivity contribution >= 4 is 34.7 Å². The van der Waals surface area contributed by atoms with Gasteiger partial charge in [-0.1, -0.05) is 25.1 Å². The van der Waals surface area contributed by atoms with Gasteiger partial charge < -0.3 is 4.90 Å². The SMILES string of the molecule is C[C@@H]1CCN(C(=O)c2csc(-c3ccccn3)n2)c2ccccc2S1. The molecule has 126 valence electrons. The summed E-state index contributed by atoms with van der Waals surface area (Å²) < 4.78 is 0. The first-order chi connectivity index (χ1) is 12.2. The summed E-state index contributed by atoms with van der Waals surface area (Å²) in [4.78, 5) is 25.0. The van der Waals surface area contributed by atoms with Crippen LogP contribution in [0.25, 0.3) is 10.7 Å². The van der Waals surface area contributed by atoms with Gasteiger partial charge in [-0.15, -0.1) is 23.1 Å². The second kappa shape index (κ2) is 6.98. The number of amides is 1. The maximum absolute atomic E-state index is 13.1. The fourth-order valence-corrected chi connectivity index (χ4v) is 4.70. The van der Waals surface area contributed by atoms with Gasteiger partial charge in [-0.05, 0) is 30.7 Å². The van der Waals surface area contributed by atoms with Gasteiger partial charge in [0.1, 0.15) is 10.7 Å². The van der Waals surface area contributed by atoms with Crippen molar-refractivity contribution in [1.29, 1.82) is 0 Å². The smallest absolute Gasteiger partial charge is 0.277 e. The van der Waals surface area contributed by atoms with Gasteiger partial charge in [-0.25, -0.2) is 4.98 Å². The third-order valence-electron chi connectivity index (χ3n) is 4.10. The summed E-state index contributed by atoms with van der Waals surface area (Å²) in [5.74, 6) is -0.0411. The first-order valence-electron chi connectivity index (χ1n) is 8.17. The van der Waals surface area contributed by atoms with Crippen LogP contribution < -0.4 is 4.90 Å². The topological polar surface area (TPSA) is 46.1 Å². The number of hydrogen-bond donors (Lipinski definition) is 0. The third-order valence-corrected chi connectivity index (χ3v) is 6.20. The van der Waals surface area contributed by atoms with Crippen LogP contribution >= 0.6 is 23.1 Å². The second-order valence-corrected chi connectivity index (χ2v) is 8.23. The van der Waals surface area contributed by atoms with Gasteiger partial charge in [0, 0.05) is 28.3 Å². The molecule has 0 spiro atoms. The summed E-state index contributed by atoms with van der Waals surface area (Å²) in [7, 11) is 0.